The summed E-state index contributed by atoms with van der Waals surface area (Å²) in [6.07, 6.45) is 0.899. The highest BCUT2D eigenvalue weighted by molar-refractivity contribution is 6.30. The number of methoxy groups -OCH3 is 1. The van der Waals surface area contributed by atoms with Crippen LogP contribution >= 0.6 is 11.6 Å². The van der Waals surface area contributed by atoms with Crippen molar-refractivity contribution in [1.29, 1.82) is 0 Å². The van der Waals surface area contributed by atoms with Gasteiger partial charge in [-0.3, -0.25) is 0 Å². The van der Waals surface area contributed by atoms with Gasteiger partial charge in [0.1, 0.15) is 11.6 Å². The molecule has 2 nitrogen and oxygen atoms in total. The van der Waals surface area contributed by atoms with Crippen LogP contribution in [-0.4, -0.2) is 13.7 Å². The third-order valence-electron chi connectivity index (χ3n) is 5.04. The van der Waals surface area contributed by atoms with Gasteiger partial charge in [-0.05, 0) is 73.0 Å². The van der Waals surface area contributed by atoms with Crippen LogP contribution in [0.25, 0.3) is 0 Å². The highest BCUT2D eigenvalue weighted by Gasteiger charge is 2.15. The molecule has 0 saturated heterocycles. The standard InChI is InChI=1S/C24H25ClFNO/c1-17(18-3-9-21(25)10-4-18)27-16-15-24(19-5-11-22(26)12-6-19)20-7-13-23(28-2)14-8-20/h3-14,17,24,27H,15-16H2,1-2H3. The van der Waals surface area contributed by atoms with Gasteiger partial charge in [0.05, 0.1) is 7.11 Å². The van der Waals surface area contributed by atoms with Crippen molar-refractivity contribution in [3.8, 4) is 5.75 Å². The molecular weight excluding hydrogens is 373 g/mol. The molecule has 0 fully saturated rings. The van der Waals surface area contributed by atoms with Crippen molar-refractivity contribution in [2.75, 3.05) is 13.7 Å². The smallest absolute Gasteiger partial charge is 0.123 e. The van der Waals surface area contributed by atoms with Crippen LogP contribution in [0.5, 0.6) is 5.75 Å². The van der Waals surface area contributed by atoms with Crippen molar-refractivity contribution >= 4 is 11.6 Å². The van der Waals surface area contributed by atoms with Crippen LogP contribution in [0.2, 0.25) is 5.02 Å². The van der Waals surface area contributed by atoms with E-state index in [2.05, 4.69) is 24.4 Å². The Morgan fingerprint density at radius 2 is 1.39 bits per heavy atom. The normalized spacial score (nSPS) is 13.1. The maximum Gasteiger partial charge on any atom is 0.123 e. The number of halogens is 2. The third kappa shape index (κ3) is 5.34. The average Bonchev–Trinajstić information content (AvgIpc) is 2.72. The number of hydrogen-bond acceptors (Lipinski definition) is 2. The number of hydrogen-bond donors (Lipinski definition) is 1. The molecule has 3 aromatic rings. The largest absolute Gasteiger partial charge is 0.497 e. The SMILES string of the molecule is COc1ccc(C(CCNC(C)c2ccc(Cl)cc2)c2ccc(F)cc2)cc1. The second-order valence-corrected chi connectivity index (χ2v) is 7.33. The van der Waals surface area contributed by atoms with Crippen LogP contribution in [0.1, 0.15) is 42.0 Å². The molecule has 0 aliphatic carbocycles. The van der Waals surface area contributed by atoms with Gasteiger partial charge in [-0.25, -0.2) is 4.39 Å². The van der Waals surface area contributed by atoms with Crippen molar-refractivity contribution in [1.82, 2.24) is 5.32 Å². The zero-order valence-corrected chi connectivity index (χ0v) is 16.9. The molecule has 0 saturated carbocycles. The molecule has 4 heteroatoms. The highest BCUT2D eigenvalue weighted by atomic mass is 35.5. The van der Waals surface area contributed by atoms with E-state index >= 15 is 0 Å². The van der Waals surface area contributed by atoms with Crippen LogP contribution in [0.15, 0.2) is 72.8 Å². The van der Waals surface area contributed by atoms with Crippen molar-refractivity contribution in [3.05, 3.63) is 100 Å². The highest BCUT2D eigenvalue weighted by Crippen LogP contribution is 2.29. The molecule has 28 heavy (non-hydrogen) atoms. The molecule has 0 aliphatic heterocycles. The molecule has 0 amide bonds. The molecule has 1 N–H and O–H groups in total. The molecule has 0 bridgehead atoms. The van der Waals surface area contributed by atoms with Crippen molar-refractivity contribution in [2.24, 2.45) is 0 Å². The molecule has 3 rings (SSSR count). The van der Waals surface area contributed by atoms with E-state index in [4.69, 9.17) is 16.3 Å². The van der Waals surface area contributed by atoms with Gasteiger partial charge >= 0.3 is 0 Å². The summed E-state index contributed by atoms with van der Waals surface area (Å²) in [5.74, 6) is 0.791. The number of ether oxygens (including phenoxy) is 1. The van der Waals surface area contributed by atoms with Crippen LogP contribution in [-0.2, 0) is 0 Å². The van der Waals surface area contributed by atoms with Crippen LogP contribution in [0, 0.1) is 5.82 Å². The minimum atomic E-state index is -0.216. The Kier molecular flexibility index (Phi) is 7.07. The first kappa shape index (κ1) is 20.4. The lowest BCUT2D eigenvalue weighted by molar-refractivity contribution is 0.414. The van der Waals surface area contributed by atoms with Crippen LogP contribution in [0.4, 0.5) is 4.39 Å². The Labute approximate surface area is 171 Å². The van der Waals surface area contributed by atoms with Gasteiger partial charge in [0.2, 0.25) is 0 Å². The second kappa shape index (κ2) is 9.72. The Bertz CT molecular complexity index is 863. The van der Waals surface area contributed by atoms with Gasteiger partial charge in [0.15, 0.2) is 0 Å². The Hall–Kier alpha value is -2.36. The lowest BCUT2D eigenvalue weighted by atomic mass is 9.88. The first-order valence-electron chi connectivity index (χ1n) is 9.45. The maximum absolute atomic E-state index is 13.4. The predicted octanol–water partition coefficient (Wildman–Crippen LogP) is 6.36. The fraction of sp³-hybridized carbons (Fsp3) is 0.250. The number of benzene rings is 3. The van der Waals surface area contributed by atoms with Gasteiger partial charge in [-0.1, -0.05) is 48.0 Å². The molecule has 0 aliphatic rings. The molecule has 0 spiro atoms. The molecule has 3 aromatic carbocycles. The summed E-state index contributed by atoms with van der Waals surface area (Å²) in [5, 5.41) is 4.32. The van der Waals surface area contributed by atoms with E-state index in [1.807, 2.05) is 48.5 Å². The summed E-state index contributed by atoms with van der Waals surface area (Å²) < 4.78 is 18.7. The van der Waals surface area contributed by atoms with E-state index in [0.29, 0.717) is 0 Å². The Morgan fingerprint density at radius 3 is 1.96 bits per heavy atom. The predicted molar refractivity (Wildman–Crippen MR) is 114 cm³/mol. The van der Waals surface area contributed by atoms with Crippen molar-refractivity contribution in [3.63, 3.8) is 0 Å². The summed E-state index contributed by atoms with van der Waals surface area (Å²) in [6.45, 7) is 2.97. The maximum atomic E-state index is 13.4. The number of nitrogens with one attached hydrogen (secondary N) is 1. The van der Waals surface area contributed by atoms with Gasteiger partial charge in [-0.15, -0.1) is 0 Å². The van der Waals surface area contributed by atoms with Gasteiger partial charge < -0.3 is 10.1 Å². The topological polar surface area (TPSA) is 21.3 Å². The first-order valence-corrected chi connectivity index (χ1v) is 9.83. The summed E-state index contributed by atoms with van der Waals surface area (Å²) in [4.78, 5) is 0. The molecule has 0 aromatic heterocycles. The quantitative estimate of drug-likeness (QED) is 0.477. The molecular formula is C24H25ClFNO. The summed E-state index contributed by atoms with van der Waals surface area (Å²) in [5.41, 5.74) is 3.49. The first-order chi connectivity index (χ1) is 13.6. The van der Waals surface area contributed by atoms with E-state index in [1.54, 1.807) is 7.11 Å². The summed E-state index contributed by atoms with van der Waals surface area (Å²) in [7, 11) is 1.66. The molecule has 2 atom stereocenters. The fourth-order valence-electron chi connectivity index (χ4n) is 3.37. The zero-order valence-electron chi connectivity index (χ0n) is 16.2. The van der Waals surface area contributed by atoms with E-state index in [9.17, 15) is 4.39 Å². The molecule has 0 heterocycles. The summed E-state index contributed by atoms with van der Waals surface area (Å²) in [6, 6.07) is 23.0. The van der Waals surface area contributed by atoms with Gasteiger partial charge in [0.25, 0.3) is 0 Å². The molecule has 0 radical (unpaired) electrons. The van der Waals surface area contributed by atoms with E-state index in [-0.39, 0.29) is 17.8 Å². The van der Waals surface area contributed by atoms with E-state index in [1.165, 1.54) is 23.3 Å². The van der Waals surface area contributed by atoms with Crippen LogP contribution in [0.3, 0.4) is 0 Å². The second-order valence-electron chi connectivity index (χ2n) is 6.89. The van der Waals surface area contributed by atoms with Crippen molar-refractivity contribution in [2.45, 2.75) is 25.3 Å². The fourth-order valence-corrected chi connectivity index (χ4v) is 3.50. The van der Waals surface area contributed by atoms with Crippen LogP contribution < -0.4 is 10.1 Å². The Balaban J connectivity index is 1.71. The minimum Gasteiger partial charge on any atom is -0.497 e. The number of rotatable bonds is 8. The van der Waals surface area contributed by atoms with Crippen molar-refractivity contribution < 1.29 is 9.13 Å². The lowest BCUT2D eigenvalue weighted by Gasteiger charge is -2.21. The van der Waals surface area contributed by atoms with Gasteiger partial charge in [0, 0.05) is 17.0 Å². The van der Waals surface area contributed by atoms with E-state index in [0.717, 1.165) is 29.3 Å². The average molecular weight is 398 g/mol. The molecule has 2 unspecified atom stereocenters. The van der Waals surface area contributed by atoms with E-state index < -0.39 is 0 Å². The minimum absolute atomic E-state index is 0.177. The zero-order chi connectivity index (χ0) is 19.9. The third-order valence-corrected chi connectivity index (χ3v) is 5.30. The monoisotopic (exact) mass is 397 g/mol. The lowest BCUT2D eigenvalue weighted by Crippen LogP contribution is -2.21. The Morgan fingerprint density at radius 1 is 0.857 bits per heavy atom. The summed E-state index contributed by atoms with van der Waals surface area (Å²) >= 11 is 5.97. The molecule has 146 valence electrons. The van der Waals surface area contributed by atoms with Gasteiger partial charge in [-0.2, -0.15) is 0 Å².